The molecule has 0 unspecified atom stereocenters. The number of nitrogens with one attached hydrogen (secondary N) is 1. The van der Waals surface area contributed by atoms with Crippen molar-refractivity contribution < 1.29 is 14.3 Å². The van der Waals surface area contributed by atoms with Crippen LogP contribution in [0.2, 0.25) is 0 Å². The Balaban J connectivity index is 1.30. The summed E-state index contributed by atoms with van der Waals surface area (Å²) >= 11 is 0. The van der Waals surface area contributed by atoms with Crippen LogP contribution in [0.1, 0.15) is 51.5 Å². The van der Waals surface area contributed by atoms with Crippen LogP contribution in [-0.2, 0) is 16.1 Å². The van der Waals surface area contributed by atoms with Gasteiger partial charge in [0.05, 0.1) is 6.10 Å². The van der Waals surface area contributed by atoms with E-state index in [1.165, 1.54) is 5.56 Å². The summed E-state index contributed by atoms with van der Waals surface area (Å²) in [4.78, 5) is 28.5. The zero-order valence-electron chi connectivity index (χ0n) is 17.8. The lowest BCUT2D eigenvalue weighted by molar-refractivity contribution is -0.122. The molecule has 2 amide bonds. The highest BCUT2D eigenvalue weighted by molar-refractivity contribution is 5.76. The molecule has 6 heteroatoms. The van der Waals surface area contributed by atoms with Gasteiger partial charge in [-0.25, -0.2) is 4.79 Å². The molecule has 6 nitrogen and oxygen atoms in total. The number of likely N-dealkylation sites (tertiary alicyclic amines) is 2. The third kappa shape index (κ3) is 7.03. The fourth-order valence-electron chi connectivity index (χ4n) is 4.25. The molecule has 0 saturated carbocycles. The van der Waals surface area contributed by atoms with Gasteiger partial charge in [0.25, 0.3) is 0 Å². The first kappa shape index (κ1) is 21.6. The van der Waals surface area contributed by atoms with Crippen molar-refractivity contribution in [2.24, 2.45) is 5.92 Å². The van der Waals surface area contributed by atoms with Gasteiger partial charge in [0.1, 0.15) is 0 Å². The van der Waals surface area contributed by atoms with E-state index in [-0.39, 0.29) is 24.1 Å². The molecule has 2 aliphatic heterocycles. The number of ether oxygens (including phenoxy) is 1. The minimum absolute atomic E-state index is 0.0804. The summed E-state index contributed by atoms with van der Waals surface area (Å²) in [5.74, 6) is 0.681. The van der Waals surface area contributed by atoms with Crippen LogP contribution in [0.25, 0.3) is 0 Å². The Hall–Kier alpha value is -2.08. The van der Waals surface area contributed by atoms with Gasteiger partial charge in [-0.3, -0.25) is 9.69 Å². The molecule has 0 aliphatic carbocycles. The number of piperidine rings is 1. The smallest absolute Gasteiger partial charge is 0.410 e. The van der Waals surface area contributed by atoms with Gasteiger partial charge in [0.15, 0.2) is 0 Å². The Labute approximate surface area is 174 Å². The molecule has 1 N–H and O–H groups in total. The molecule has 0 bridgehead atoms. The standard InChI is InChI=1S/C23H35N3O3/c1-18(2)29-23(28)26-14-10-19(11-15-26)8-9-22(27)24-21-12-13-25(17-21)16-20-6-4-3-5-7-20/h3-7,18-19,21H,8-17H2,1-2H3,(H,24,27)/t21-/m1/s1. The second kappa shape index (κ2) is 10.6. The number of nitrogens with zero attached hydrogens (tertiary/aromatic N) is 2. The Morgan fingerprint density at radius 2 is 1.83 bits per heavy atom. The van der Waals surface area contributed by atoms with E-state index < -0.39 is 0 Å². The first-order chi connectivity index (χ1) is 14.0. The summed E-state index contributed by atoms with van der Waals surface area (Å²) < 4.78 is 5.26. The fraction of sp³-hybridized carbons (Fsp3) is 0.652. The van der Waals surface area contributed by atoms with E-state index in [0.717, 1.165) is 58.4 Å². The van der Waals surface area contributed by atoms with E-state index in [4.69, 9.17) is 4.74 Å². The van der Waals surface area contributed by atoms with Crippen LogP contribution in [0.5, 0.6) is 0 Å². The number of hydrogen-bond acceptors (Lipinski definition) is 4. The normalized spacial score (nSPS) is 20.8. The van der Waals surface area contributed by atoms with Gasteiger partial charge in [-0.15, -0.1) is 0 Å². The molecule has 0 radical (unpaired) electrons. The molecule has 3 rings (SSSR count). The number of amides is 2. The van der Waals surface area contributed by atoms with Crippen molar-refractivity contribution in [1.82, 2.24) is 15.1 Å². The predicted octanol–water partition coefficient (Wildman–Crippen LogP) is 3.41. The molecular formula is C23H35N3O3. The van der Waals surface area contributed by atoms with Crippen LogP contribution in [0.4, 0.5) is 4.79 Å². The topological polar surface area (TPSA) is 61.9 Å². The third-order valence-electron chi connectivity index (χ3n) is 5.88. The Kier molecular flexibility index (Phi) is 7.92. The van der Waals surface area contributed by atoms with Gasteiger partial charge in [-0.05, 0) is 51.0 Å². The molecule has 2 heterocycles. The number of benzene rings is 1. The lowest BCUT2D eigenvalue weighted by atomic mass is 9.92. The lowest BCUT2D eigenvalue weighted by Crippen LogP contribution is -2.40. The van der Waals surface area contributed by atoms with E-state index >= 15 is 0 Å². The minimum Gasteiger partial charge on any atom is -0.447 e. The molecule has 2 aliphatic rings. The lowest BCUT2D eigenvalue weighted by Gasteiger charge is -2.31. The maximum Gasteiger partial charge on any atom is 0.410 e. The van der Waals surface area contributed by atoms with E-state index in [0.29, 0.717) is 12.3 Å². The van der Waals surface area contributed by atoms with Gasteiger partial charge in [-0.2, -0.15) is 0 Å². The van der Waals surface area contributed by atoms with Gasteiger partial charge in [0.2, 0.25) is 5.91 Å². The Bertz CT molecular complexity index is 657. The van der Waals surface area contributed by atoms with Crippen molar-refractivity contribution in [1.29, 1.82) is 0 Å². The molecule has 29 heavy (non-hydrogen) atoms. The van der Waals surface area contributed by atoms with E-state index in [2.05, 4.69) is 34.5 Å². The highest BCUT2D eigenvalue weighted by atomic mass is 16.6. The summed E-state index contributed by atoms with van der Waals surface area (Å²) in [7, 11) is 0. The van der Waals surface area contributed by atoms with Gasteiger partial charge in [0, 0.05) is 45.2 Å². The van der Waals surface area contributed by atoms with Crippen LogP contribution < -0.4 is 5.32 Å². The van der Waals surface area contributed by atoms with Crippen molar-refractivity contribution in [2.75, 3.05) is 26.2 Å². The third-order valence-corrected chi connectivity index (χ3v) is 5.88. The molecule has 160 valence electrons. The van der Waals surface area contributed by atoms with Crippen LogP contribution in [0, 0.1) is 5.92 Å². The van der Waals surface area contributed by atoms with E-state index in [1.54, 1.807) is 4.90 Å². The molecule has 1 aromatic carbocycles. The monoisotopic (exact) mass is 401 g/mol. The maximum atomic E-state index is 12.4. The zero-order chi connectivity index (χ0) is 20.6. The predicted molar refractivity (Wildman–Crippen MR) is 113 cm³/mol. The zero-order valence-corrected chi connectivity index (χ0v) is 17.8. The first-order valence-electron chi connectivity index (χ1n) is 11.0. The highest BCUT2D eigenvalue weighted by Gasteiger charge is 2.26. The highest BCUT2D eigenvalue weighted by Crippen LogP contribution is 2.23. The number of rotatable bonds is 7. The summed E-state index contributed by atoms with van der Waals surface area (Å²) in [6.07, 6.45) is 4.12. The summed E-state index contributed by atoms with van der Waals surface area (Å²) in [6.45, 7) is 8.11. The van der Waals surface area contributed by atoms with Crippen molar-refractivity contribution in [3.05, 3.63) is 35.9 Å². The van der Waals surface area contributed by atoms with Crippen molar-refractivity contribution in [2.45, 2.75) is 64.6 Å². The van der Waals surface area contributed by atoms with Crippen LogP contribution in [0.3, 0.4) is 0 Å². The van der Waals surface area contributed by atoms with E-state index in [1.807, 2.05) is 19.9 Å². The molecule has 1 aromatic rings. The van der Waals surface area contributed by atoms with Crippen LogP contribution in [0.15, 0.2) is 30.3 Å². The minimum atomic E-state index is -0.211. The quantitative estimate of drug-likeness (QED) is 0.761. The van der Waals surface area contributed by atoms with E-state index in [9.17, 15) is 9.59 Å². The maximum absolute atomic E-state index is 12.4. The van der Waals surface area contributed by atoms with Crippen molar-refractivity contribution in [3.8, 4) is 0 Å². The summed E-state index contributed by atoms with van der Waals surface area (Å²) in [6, 6.07) is 10.8. The summed E-state index contributed by atoms with van der Waals surface area (Å²) in [5.41, 5.74) is 1.32. The van der Waals surface area contributed by atoms with Crippen molar-refractivity contribution >= 4 is 12.0 Å². The summed E-state index contributed by atoms with van der Waals surface area (Å²) in [5, 5.41) is 3.22. The largest absolute Gasteiger partial charge is 0.447 e. The van der Waals surface area contributed by atoms with Gasteiger partial charge >= 0.3 is 6.09 Å². The van der Waals surface area contributed by atoms with Gasteiger partial charge < -0.3 is 15.0 Å². The SMILES string of the molecule is CC(C)OC(=O)N1CCC(CCC(=O)N[C@@H]2CCN(Cc3ccccc3)C2)CC1. The average molecular weight is 402 g/mol. The Morgan fingerprint density at radius 1 is 1.10 bits per heavy atom. The van der Waals surface area contributed by atoms with Gasteiger partial charge in [-0.1, -0.05) is 30.3 Å². The van der Waals surface area contributed by atoms with Crippen LogP contribution in [-0.4, -0.2) is 60.1 Å². The van der Waals surface area contributed by atoms with Crippen LogP contribution >= 0.6 is 0 Å². The molecule has 0 aromatic heterocycles. The molecule has 1 atom stereocenters. The molecule has 0 spiro atoms. The molecular weight excluding hydrogens is 366 g/mol. The number of carbonyl (C=O) groups is 2. The second-order valence-electron chi connectivity index (χ2n) is 8.68. The number of hydrogen-bond donors (Lipinski definition) is 1. The second-order valence-corrected chi connectivity index (χ2v) is 8.68. The Morgan fingerprint density at radius 3 is 2.52 bits per heavy atom. The molecule has 2 saturated heterocycles. The van der Waals surface area contributed by atoms with Crippen molar-refractivity contribution in [3.63, 3.8) is 0 Å². The number of carbonyl (C=O) groups excluding carboxylic acids is 2. The molecule has 2 fully saturated rings. The average Bonchev–Trinajstić information content (AvgIpc) is 3.13. The fourth-order valence-corrected chi connectivity index (χ4v) is 4.25. The first-order valence-corrected chi connectivity index (χ1v) is 11.0.